The van der Waals surface area contributed by atoms with Crippen molar-refractivity contribution in [2.45, 2.75) is 23.7 Å². The highest BCUT2D eigenvalue weighted by molar-refractivity contribution is 7.91. The second-order valence-electron chi connectivity index (χ2n) is 3.45. The van der Waals surface area contributed by atoms with Crippen LogP contribution in [0.25, 0.3) is 0 Å². The molecule has 0 radical (unpaired) electrons. The maximum Gasteiger partial charge on any atom is 0.150 e. The molecule has 0 aliphatic heterocycles. The van der Waals surface area contributed by atoms with E-state index in [0.717, 1.165) is 0 Å². The van der Waals surface area contributed by atoms with Gasteiger partial charge in [-0.1, -0.05) is 0 Å². The van der Waals surface area contributed by atoms with E-state index in [-0.39, 0.29) is 10.9 Å². The van der Waals surface area contributed by atoms with Crippen molar-refractivity contribution in [2.75, 3.05) is 19.9 Å². The van der Waals surface area contributed by atoms with Gasteiger partial charge in [-0.15, -0.1) is 0 Å². The van der Waals surface area contributed by atoms with Gasteiger partial charge >= 0.3 is 0 Å². The van der Waals surface area contributed by atoms with E-state index in [4.69, 9.17) is 10.5 Å². The number of methoxy groups -OCH3 is 1. The fraction of sp³-hybridized carbons (Fsp3) is 1.00. The number of ether oxygens (including phenoxy) is 1. The normalized spacial score (nSPS) is 36.1. The Morgan fingerprint density at radius 3 is 2.33 bits per heavy atom. The van der Waals surface area contributed by atoms with Gasteiger partial charge in [0.2, 0.25) is 0 Å². The molecule has 0 aromatic carbocycles. The highest BCUT2D eigenvalue weighted by atomic mass is 32.2. The molecule has 2 N–H and O–H groups in total. The van der Waals surface area contributed by atoms with Gasteiger partial charge in [-0.3, -0.25) is 0 Å². The molecule has 1 aliphatic carbocycles. The lowest BCUT2D eigenvalue weighted by Crippen LogP contribution is -2.56. The lowest BCUT2D eigenvalue weighted by molar-refractivity contribution is -0.0605. The maximum atomic E-state index is 11.0. The van der Waals surface area contributed by atoms with Crippen LogP contribution in [-0.4, -0.2) is 39.2 Å². The molecule has 1 rings (SSSR count). The number of sulfone groups is 1. The van der Waals surface area contributed by atoms with Crippen LogP contribution in [0.3, 0.4) is 0 Å². The molecule has 0 spiro atoms. The summed E-state index contributed by atoms with van der Waals surface area (Å²) in [6.07, 6.45) is 2.34. The van der Waals surface area contributed by atoms with Crippen LogP contribution in [0.5, 0.6) is 0 Å². The van der Waals surface area contributed by atoms with E-state index in [1.807, 2.05) is 0 Å². The highest BCUT2D eigenvalue weighted by Crippen LogP contribution is 2.38. The van der Waals surface area contributed by atoms with Crippen molar-refractivity contribution in [3.63, 3.8) is 0 Å². The molecule has 0 bridgehead atoms. The van der Waals surface area contributed by atoms with Gasteiger partial charge in [0.25, 0.3) is 0 Å². The van der Waals surface area contributed by atoms with Crippen molar-refractivity contribution in [1.82, 2.24) is 0 Å². The minimum absolute atomic E-state index is 0.249. The molecule has 72 valence electrons. The smallest absolute Gasteiger partial charge is 0.150 e. The van der Waals surface area contributed by atoms with E-state index < -0.39 is 9.84 Å². The predicted molar refractivity (Wildman–Crippen MR) is 46.7 cm³/mol. The summed E-state index contributed by atoms with van der Waals surface area (Å²) in [6.45, 7) is 0.398. The summed E-state index contributed by atoms with van der Waals surface area (Å²) in [4.78, 5) is 0. The quantitative estimate of drug-likeness (QED) is 0.658. The average Bonchev–Trinajstić information content (AvgIpc) is 1.85. The first kappa shape index (κ1) is 9.95. The standard InChI is InChI=1S/C7H15NO3S/c1-11-7(5-8)3-6(4-7)12(2,9)10/h6H,3-5,8H2,1-2H3. The van der Waals surface area contributed by atoms with E-state index in [1.54, 1.807) is 7.11 Å². The molecule has 0 heterocycles. The van der Waals surface area contributed by atoms with Gasteiger partial charge in [-0.05, 0) is 12.8 Å². The Bertz CT molecular complexity index is 248. The highest BCUT2D eigenvalue weighted by Gasteiger charge is 2.48. The summed E-state index contributed by atoms with van der Waals surface area (Å²) in [5.74, 6) is 0. The lowest BCUT2D eigenvalue weighted by Gasteiger charge is -2.44. The van der Waals surface area contributed by atoms with Crippen molar-refractivity contribution in [1.29, 1.82) is 0 Å². The Balaban J connectivity index is 2.57. The first-order chi connectivity index (χ1) is 5.43. The molecule has 5 heteroatoms. The van der Waals surface area contributed by atoms with E-state index in [1.165, 1.54) is 6.26 Å². The van der Waals surface area contributed by atoms with E-state index in [2.05, 4.69) is 0 Å². The fourth-order valence-corrected chi connectivity index (χ4v) is 2.70. The second-order valence-corrected chi connectivity index (χ2v) is 5.78. The zero-order valence-electron chi connectivity index (χ0n) is 7.41. The third kappa shape index (κ3) is 1.62. The van der Waals surface area contributed by atoms with Crippen LogP contribution in [0.4, 0.5) is 0 Å². The summed E-state index contributed by atoms with van der Waals surface area (Å²) >= 11 is 0. The van der Waals surface area contributed by atoms with Gasteiger partial charge in [-0.2, -0.15) is 0 Å². The minimum atomic E-state index is -2.89. The summed E-state index contributed by atoms with van der Waals surface area (Å²) < 4.78 is 27.2. The molecule has 0 aromatic heterocycles. The van der Waals surface area contributed by atoms with Crippen LogP contribution < -0.4 is 5.73 Å². The van der Waals surface area contributed by atoms with Gasteiger partial charge in [0.05, 0.1) is 10.9 Å². The molecule has 0 saturated heterocycles. The number of hydrogen-bond acceptors (Lipinski definition) is 4. The Morgan fingerprint density at radius 2 is 2.08 bits per heavy atom. The minimum Gasteiger partial charge on any atom is -0.377 e. The average molecular weight is 193 g/mol. The van der Waals surface area contributed by atoms with Gasteiger partial charge in [-0.25, -0.2) is 8.42 Å². The van der Waals surface area contributed by atoms with Gasteiger partial charge in [0, 0.05) is 19.9 Å². The van der Waals surface area contributed by atoms with Crippen LogP contribution in [0, 0.1) is 0 Å². The molecule has 0 aromatic rings. The topological polar surface area (TPSA) is 69.4 Å². The first-order valence-electron chi connectivity index (χ1n) is 3.88. The van der Waals surface area contributed by atoms with Crippen LogP contribution in [0.1, 0.15) is 12.8 Å². The van der Waals surface area contributed by atoms with Crippen LogP contribution in [0.2, 0.25) is 0 Å². The van der Waals surface area contributed by atoms with Crippen molar-refractivity contribution >= 4 is 9.84 Å². The molecule has 1 saturated carbocycles. The molecule has 0 unspecified atom stereocenters. The van der Waals surface area contributed by atoms with Crippen LogP contribution in [0.15, 0.2) is 0 Å². The Labute approximate surface area is 73.0 Å². The van der Waals surface area contributed by atoms with Crippen molar-refractivity contribution in [3.05, 3.63) is 0 Å². The van der Waals surface area contributed by atoms with Crippen molar-refractivity contribution < 1.29 is 13.2 Å². The molecule has 12 heavy (non-hydrogen) atoms. The SMILES string of the molecule is COC1(CN)CC(S(C)(=O)=O)C1. The third-order valence-electron chi connectivity index (χ3n) is 2.61. The molecule has 1 aliphatic rings. The number of nitrogens with two attached hydrogens (primary N) is 1. The van der Waals surface area contributed by atoms with E-state index in [9.17, 15) is 8.42 Å². The second kappa shape index (κ2) is 2.97. The van der Waals surface area contributed by atoms with Crippen molar-refractivity contribution in [2.24, 2.45) is 5.73 Å². The summed E-state index contributed by atoms with van der Waals surface area (Å²) in [5.41, 5.74) is 5.10. The zero-order chi connectivity index (χ0) is 9.41. The zero-order valence-corrected chi connectivity index (χ0v) is 8.23. The van der Waals surface area contributed by atoms with Gasteiger partial charge in [0.15, 0.2) is 9.84 Å². The summed E-state index contributed by atoms with van der Waals surface area (Å²) in [7, 11) is -1.32. The molecule has 0 amide bonds. The molecular formula is C7H15NO3S. The Morgan fingerprint density at radius 1 is 1.58 bits per heavy atom. The summed E-state index contributed by atoms with van der Waals surface area (Å²) in [6, 6.07) is 0. The molecule has 0 atom stereocenters. The predicted octanol–water partition coefficient (Wildman–Crippen LogP) is -0.463. The maximum absolute atomic E-state index is 11.0. The Hall–Kier alpha value is -0.130. The largest absolute Gasteiger partial charge is 0.377 e. The van der Waals surface area contributed by atoms with E-state index in [0.29, 0.717) is 19.4 Å². The first-order valence-corrected chi connectivity index (χ1v) is 5.83. The Kier molecular flexibility index (Phi) is 2.47. The number of rotatable bonds is 3. The van der Waals surface area contributed by atoms with E-state index >= 15 is 0 Å². The summed E-state index contributed by atoms with van der Waals surface area (Å²) in [5, 5.41) is -0.249. The number of hydrogen-bond donors (Lipinski definition) is 1. The van der Waals surface area contributed by atoms with Gasteiger partial charge in [0.1, 0.15) is 0 Å². The van der Waals surface area contributed by atoms with Gasteiger partial charge < -0.3 is 10.5 Å². The lowest BCUT2D eigenvalue weighted by atomic mass is 9.79. The molecule has 1 fully saturated rings. The molecular weight excluding hydrogens is 178 g/mol. The fourth-order valence-electron chi connectivity index (χ4n) is 1.49. The monoisotopic (exact) mass is 193 g/mol. The van der Waals surface area contributed by atoms with Crippen molar-refractivity contribution in [3.8, 4) is 0 Å². The van der Waals surface area contributed by atoms with Crippen LogP contribution >= 0.6 is 0 Å². The van der Waals surface area contributed by atoms with Crippen LogP contribution in [-0.2, 0) is 14.6 Å². The molecule has 4 nitrogen and oxygen atoms in total. The third-order valence-corrected chi connectivity index (χ3v) is 4.15.